The van der Waals surface area contributed by atoms with E-state index in [0.717, 1.165) is 12.8 Å². The number of hydrogen-bond donors (Lipinski definition) is 2. The molecule has 0 fully saturated rings. The average Bonchev–Trinajstić information content (AvgIpc) is 2.83. The molecule has 0 radical (unpaired) electrons. The Morgan fingerprint density at radius 1 is 1.45 bits per heavy atom. The Morgan fingerprint density at radius 2 is 2.25 bits per heavy atom. The fraction of sp³-hybridized carbons (Fsp3) is 0.417. The van der Waals surface area contributed by atoms with Gasteiger partial charge in [0.25, 0.3) is 11.5 Å². The fourth-order valence-corrected chi connectivity index (χ4v) is 1.60. The van der Waals surface area contributed by atoms with E-state index in [-0.39, 0.29) is 17.2 Å². The standard InChI is InChI=1S/C12H16N6O2/c1-3-4-7-18-10(19)6-5-9(17-18)11(20)14-12-13-8(2)15-16-12/h5-6H,3-4,7H2,1-2H3,(H2,13,14,15,16,20). The van der Waals surface area contributed by atoms with Gasteiger partial charge in [-0.2, -0.15) is 10.1 Å². The zero-order valence-electron chi connectivity index (χ0n) is 11.4. The van der Waals surface area contributed by atoms with E-state index in [4.69, 9.17) is 0 Å². The Balaban J connectivity index is 2.15. The number of H-pyrrole nitrogens is 1. The number of aryl methyl sites for hydroxylation is 2. The van der Waals surface area contributed by atoms with E-state index in [1.165, 1.54) is 16.8 Å². The van der Waals surface area contributed by atoms with E-state index in [9.17, 15) is 9.59 Å². The zero-order valence-corrected chi connectivity index (χ0v) is 11.4. The Hall–Kier alpha value is -2.51. The van der Waals surface area contributed by atoms with Gasteiger partial charge in [-0.1, -0.05) is 13.3 Å². The molecule has 0 aliphatic rings. The lowest BCUT2D eigenvalue weighted by Crippen LogP contribution is -2.26. The van der Waals surface area contributed by atoms with Crippen LogP contribution < -0.4 is 10.9 Å². The van der Waals surface area contributed by atoms with Crippen molar-refractivity contribution in [3.05, 3.63) is 34.0 Å². The summed E-state index contributed by atoms with van der Waals surface area (Å²) in [4.78, 5) is 27.5. The van der Waals surface area contributed by atoms with Crippen molar-refractivity contribution in [3.8, 4) is 0 Å². The summed E-state index contributed by atoms with van der Waals surface area (Å²) in [5, 5.41) is 13.0. The van der Waals surface area contributed by atoms with Crippen LogP contribution in [0.5, 0.6) is 0 Å². The minimum Gasteiger partial charge on any atom is -0.288 e. The van der Waals surface area contributed by atoms with Gasteiger partial charge in [-0.25, -0.2) is 4.68 Å². The predicted octanol–water partition coefficient (Wildman–Crippen LogP) is 0.722. The maximum absolute atomic E-state index is 12.0. The number of carbonyl (C=O) groups excluding carboxylic acids is 1. The largest absolute Gasteiger partial charge is 0.288 e. The van der Waals surface area contributed by atoms with E-state index in [1.807, 2.05) is 6.92 Å². The normalized spacial score (nSPS) is 10.5. The number of hydrogen-bond acceptors (Lipinski definition) is 5. The first-order chi connectivity index (χ1) is 9.60. The molecule has 0 atom stereocenters. The van der Waals surface area contributed by atoms with E-state index in [2.05, 4.69) is 25.6 Å². The maximum atomic E-state index is 12.0. The van der Waals surface area contributed by atoms with Gasteiger partial charge < -0.3 is 0 Å². The first-order valence-corrected chi connectivity index (χ1v) is 6.38. The summed E-state index contributed by atoms with van der Waals surface area (Å²) in [6.45, 7) is 4.25. The maximum Gasteiger partial charge on any atom is 0.278 e. The van der Waals surface area contributed by atoms with Gasteiger partial charge in [-0.3, -0.25) is 20.0 Å². The fourth-order valence-electron chi connectivity index (χ4n) is 1.60. The highest BCUT2D eigenvalue weighted by Crippen LogP contribution is 2.01. The molecule has 8 nitrogen and oxygen atoms in total. The average molecular weight is 276 g/mol. The quantitative estimate of drug-likeness (QED) is 0.837. The SMILES string of the molecule is CCCCn1nc(C(=O)Nc2n[nH]c(C)n2)ccc1=O. The van der Waals surface area contributed by atoms with Crippen LogP contribution in [0.15, 0.2) is 16.9 Å². The molecule has 20 heavy (non-hydrogen) atoms. The molecule has 8 heteroatoms. The summed E-state index contributed by atoms with van der Waals surface area (Å²) in [6, 6.07) is 2.72. The van der Waals surface area contributed by atoms with Crippen molar-refractivity contribution in [1.29, 1.82) is 0 Å². The monoisotopic (exact) mass is 276 g/mol. The lowest BCUT2D eigenvalue weighted by atomic mass is 10.3. The topological polar surface area (TPSA) is 106 Å². The van der Waals surface area contributed by atoms with Gasteiger partial charge in [0.1, 0.15) is 11.5 Å². The number of unbranched alkanes of at least 4 members (excludes halogenated alkanes) is 1. The molecule has 0 unspecified atom stereocenters. The number of aromatic amines is 1. The van der Waals surface area contributed by atoms with Crippen LogP contribution in [-0.4, -0.2) is 30.9 Å². The molecule has 106 valence electrons. The van der Waals surface area contributed by atoms with Crippen molar-refractivity contribution in [2.75, 3.05) is 5.32 Å². The second kappa shape index (κ2) is 6.09. The summed E-state index contributed by atoms with van der Waals surface area (Å²) in [7, 11) is 0. The molecule has 2 aromatic heterocycles. The van der Waals surface area contributed by atoms with Gasteiger partial charge in [0, 0.05) is 12.6 Å². The molecular weight excluding hydrogens is 260 g/mol. The van der Waals surface area contributed by atoms with Crippen LogP contribution in [0.2, 0.25) is 0 Å². The predicted molar refractivity (Wildman–Crippen MR) is 72.5 cm³/mol. The number of aromatic nitrogens is 5. The van der Waals surface area contributed by atoms with Crippen molar-refractivity contribution in [2.24, 2.45) is 0 Å². The molecule has 2 aromatic rings. The third-order valence-electron chi connectivity index (χ3n) is 2.65. The number of carbonyl (C=O) groups is 1. The van der Waals surface area contributed by atoms with Crippen molar-refractivity contribution < 1.29 is 4.79 Å². The summed E-state index contributed by atoms with van der Waals surface area (Å²) >= 11 is 0. The van der Waals surface area contributed by atoms with E-state index >= 15 is 0 Å². The summed E-state index contributed by atoms with van der Waals surface area (Å²) in [5.41, 5.74) is -0.0631. The van der Waals surface area contributed by atoms with Crippen molar-refractivity contribution >= 4 is 11.9 Å². The Kier molecular flexibility index (Phi) is 4.24. The zero-order chi connectivity index (χ0) is 14.5. The molecule has 2 rings (SSSR count). The molecule has 0 saturated heterocycles. The summed E-state index contributed by atoms with van der Waals surface area (Å²) in [6.07, 6.45) is 1.78. The van der Waals surface area contributed by atoms with E-state index < -0.39 is 5.91 Å². The first-order valence-electron chi connectivity index (χ1n) is 6.38. The van der Waals surface area contributed by atoms with Crippen LogP contribution in [-0.2, 0) is 6.54 Å². The van der Waals surface area contributed by atoms with Gasteiger partial charge in [0.05, 0.1) is 0 Å². The minimum absolute atomic E-state index is 0.156. The molecule has 2 N–H and O–H groups in total. The van der Waals surface area contributed by atoms with E-state index in [0.29, 0.717) is 12.4 Å². The molecule has 0 saturated carbocycles. The smallest absolute Gasteiger partial charge is 0.278 e. The molecule has 0 aliphatic heterocycles. The van der Waals surface area contributed by atoms with Gasteiger partial charge in [-0.15, -0.1) is 5.10 Å². The van der Waals surface area contributed by atoms with Gasteiger partial charge >= 0.3 is 0 Å². The first kappa shape index (κ1) is 13.9. The Labute approximate surface area is 115 Å². The van der Waals surface area contributed by atoms with Crippen LogP contribution in [0, 0.1) is 6.92 Å². The summed E-state index contributed by atoms with van der Waals surface area (Å²) < 4.78 is 1.29. The van der Waals surface area contributed by atoms with Gasteiger partial charge in [0.15, 0.2) is 0 Å². The molecule has 0 spiro atoms. The number of nitrogens with one attached hydrogen (secondary N) is 2. The second-order valence-electron chi connectivity index (χ2n) is 4.33. The van der Waals surface area contributed by atoms with Crippen molar-refractivity contribution in [1.82, 2.24) is 25.0 Å². The number of rotatable bonds is 5. The van der Waals surface area contributed by atoms with Gasteiger partial charge in [0.2, 0.25) is 5.95 Å². The highest BCUT2D eigenvalue weighted by Gasteiger charge is 2.12. The van der Waals surface area contributed by atoms with Crippen molar-refractivity contribution in [3.63, 3.8) is 0 Å². The lowest BCUT2D eigenvalue weighted by Gasteiger charge is -2.05. The Morgan fingerprint density at radius 3 is 2.90 bits per heavy atom. The molecule has 1 amide bonds. The van der Waals surface area contributed by atoms with E-state index in [1.54, 1.807) is 6.92 Å². The number of anilines is 1. The van der Waals surface area contributed by atoms with Crippen molar-refractivity contribution in [2.45, 2.75) is 33.2 Å². The van der Waals surface area contributed by atoms with Crippen LogP contribution in [0.3, 0.4) is 0 Å². The second-order valence-corrected chi connectivity index (χ2v) is 4.33. The highest BCUT2D eigenvalue weighted by molar-refractivity contribution is 6.01. The number of nitrogens with zero attached hydrogens (tertiary/aromatic N) is 4. The Bertz CT molecular complexity index is 660. The lowest BCUT2D eigenvalue weighted by molar-refractivity contribution is 0.101. The minimum atomic E-state index is -0.450. The van der Waals surface area contributed by atoms with Gasteiger partial charge in [-0.05, 0) is 19.4 Å². The molecule has 0 aromatic carbocycles. The molecule has 0 aliphatic carbocycles. The van der Waals surface area contributed by atoms with Crippen LogP contribution in [0.1, 0.15) is 36.1 Å². The third-order valence-corrected chi connectivity index (χ3v) is 2.65. The molecular formula is C12H16N6O2. The molecule has 0 bridgehead atoms. The summed E-state index contributed by atoms with van der Waals surface area (Å²) in [5.74, 6) is 0.330. The van der Waals surface area contributed by atoms with Crippen LogP contribution in [0.4, 0.5) is 5.95 Å². The number of amides is 1. The van der Waals surface area contributed by atoms with Crippen LogP contribution in [0.25, 0.3) is 0 Å². The third kappa shape index (κ3) is 3.28. The van der Waals surface area contributed by atoms with Crippen LogP contribution >= 0.6 is 0 Å². The highest BCUT2D eigenvalue weighted by atomic mass is 16.2. The molecule has 2 heterocycles.